The summed E-state index contributed by atoms with van der Waals surface area (Å²) in [7, 11) is 3.34. The number of rotatable bonds is 8. The summed E-state index contributed by atoms with van der Waals surface area (Å²) in [6.07, 6.45) is 1.22. The van der Waals surface area contributed by atoms with Gasteiger partial charge in [0.15, 0.2) is 0 Å². The first kappa shape index (κ1) is 22.7. The first-order valence-corrected chi connectivity index (χ1v) is 9.95. The van der Waals surface area contributed by atoms with E-state index in [2.05, 4.69) is 5.32 Å². The molecule has 1 N–H and O–H groups in total. The van der Waals surface area contributed by atoms with Crippen molar-refractivity contribution in [2.75, 3.05) is 45.7 Å². The summed E-state index contributed by atoms with van der Waals surface area (Å²) < 4.78 is 10.2. The van der Waals surface area contributed by atoms with E-state index in [1.165, 1.54) is 0 Å². The fourth-order valence-electron chi connectivity index (χ4n) is 3.29. The van der Waals surface area contributed by atoms with Gasteiger partial charge in [-0.25, -0.2) is 0 Å². The summed E-state index contributed by atoms with van der Waals surface area (Å²) in [6, 6.07) is 6.63. The van der Waals surface area contributed by atoms with Gasteiger partial charge in [0.2, 0.25) is 11.8 Å². The van der Waals surface area contributed by atoms with E-state index in [1.54, 1.807) is 62.1 Å². The number of carbonyl (C=O) groups is 3. The Balaban J connectivity index is 1.81. The van der Waals surface area contributed by atoms with Crippen LogP contribution in [-0.4, -0.2) is 74.0 Å². The van der Waals surface area contributed by atoms with Crippen molar-refractivity contribution in [1.29, 1.82) is 0 Å². The predicted molar refractivity (Wildman–Crippen MR) is 110 cm³/mol. The molecule has 0 aromatic heterocycles. The second-order valence-electron chi connectivity index (χ2n) is 7.22. The van der Waals surface area contributed by atoms with E-state index in [1.807, 2.05) is 0 Å². The highest BCUT2D eigenvalue weighted by atomic mass is 16.5. The number of ether oxygens (including phenoxy) is 2. The molecule has 1 aliphatic heterocycles. The molecule has 0 bridgehead atoms. The highest BCUT2D eigenvalue weighted by Gasteiger charge is 2.31. The van der Waals surface area contributed by atoms with Gasteiger partial charge in [0.1, 0.15) is 5.75 Å². The van der Waals surface area contributed by atoms with Crippen molar-refractivity contribution < 1.29 is 23.9 Å². The summed E-state index contributed by atoms with van der Waals surface area (Å²) in [5, 5.41) is 2.82. The second kappa shape index (κ2) is 10.8. The number of nitrogens with zero attached hydrogens (tertiary/aromatic N) is 2. The number of methoxy groups -OCH3 is 1. The average Bonchev–Trinajstić information content (AvgIpc) is 2.73. The van der Waals surface area contributed by atoms with Crippen LogP contribution < -0.4 is 10.1 Å². The number of amides is 2. The van der Waals surface area contributed by atoms with Crippen LogP contribution in [0.4, 0.5) is 5.69 Å². The van der Waals surface area contributed by atoms with Gasteiger partial charge in [0, 0.05) is 18.8 Å². The zero-order chi connectivity index (χ0) is 21.4. The maximum Gasteiger partial charge on any atom is 0.309 e. The number of likely N-dealkylation sites (tertiary alicyclic amines) is 1. The first-order chi connectivity index (χ1) is 13.8. The summed E-state index contributed by atoms with van der Waals surface area (Å²) in [5.41, 5.74) is 0.671. The molecule has 2 amide bonds. The number of benzene rings is 1. The van der Waals surface area contributed by atoms with Gasteiger partial charge in [-0.15, -0.1) is 0 Å². The lowest BCUT2D eigenvalue weighted by atomic mass is 9.96. The van der Waals surface area contributed by atoms with Crippen LogP contribution >= 0.6 is 0 Å². The van der Waals surface area contributed by atoms with E-state index in [-0.39, 0.29) is 30.2 Å². The van der Waals surface area contributed by atoms with Crippen LogP contribution in [0.3, 0.4) is 0 Å². The van der Waals surface area contributed by atoms with Crippen molar-refractivity contribution in [3.63, 3.8) is 0 Å². The number of nitrogens with one attached hydrogen (secondary N) is 1. The molecular formula is C21H31N3O5. The molecule has 160 valence electrons. The van der Waals surface area contributed by atoms with Crippen LogP contribution in [0.5, 0.6) is 5.75 Å². The van der Waals surface area contributed by atoms with Gasteiger partial charge in [0.25, 0.3) is 0 Å². The van der Waals surface area contributed by atoms with Crippen LogP contribution in [0, 0.1) is 5.92 Å². The smallest absolute Gasteiger partial charge is 0.309 e. The van der Waals surface area contributed by atoms with Gasteiger partial charge in [-0.2, -0.15) is 0 Å². The van der Waals surface area contributed by atoms with Crippen LogP contribution in [0.1, 0.15) is 26.7 Å². The molecule has 2 rings (SSSR count). The van der Waals surface area contributed by atoms with Crippen LogP contribution in [0.15, 0.2) is 24.3 Å². The second-order valence-corrected chi connectivity index (χ2v) is 7.22. The van der Waals surface area contributed by atoms with E-state index in [0.717, 1.165) is 0 Å². The number of esters is 1. The maximum atomic E-state index is 12.8. The van der Waals surface area contributed by atoms with Crippen molar-refractivity contribution in [2.24, 2.45) is 5.92 Å². The minimum absolute atomic E-state index is 0.0351. The van der Waals surface area contributed by atoms with Crippen LogP contribution in [0.25, 0.3) is 0 Å². The lowest BCUT2D eigenvalue weighted by molar-refractivity contribution is -0.152. The number of carbonyl (C=O) groups excluding carboxylic acids is 3. The van der Waals surface area contributed by atoms with Crippen molar-refractivity contribution in [2.45, 2.75) is 32.7 Å². The molecule has 1 atom stereocenters. The zero-order valence-corrected chi connectivity index (χ0v) is 17.6. The molecule has 0 saturated carbocycles. The Morgan fingerprint density at radius 3 is 2.38 bits per heavy atom. The van der Waals surface area contributed by atoms with Gasteiger partial charge in [-0.1, -0.05) is 0 Å². The van der Waals surface area contributed by atoms with Crippen molar-refractivity contribution in [3.05, 3.63) is 24.3 Å². The van der Waals surface area contributed by atoms with Crippen LogP contribution in [-0.2, 0) is 19.1 Å². The lowest BCUT2D eigenvalue weighted by Gasteiger charge is -2.34. The lowest BCUT2D eigenvalue weighted by Crippen LogP contribution is -2.50. The standard InChI is InChI=1S/C21H31N3O5/c1-5-29-21(27)16-10-12-24(13-11-16)20(26)15(2)23(3)14-19(25)22-17-6-8-18(28-4)9-7-17/h6-9,15-16H,5,10-14H2,1-4H3,(H,22,25)/t15-/m1/s1. The molecular weight excluding hydrogens is 374 g/mol. The topological polar surface area (TPSA) is 88.2 Å². The van der Waals surface area contributed by atoms with E-state index in [4.69, 9.17) is 9.47 Å². The Labute approximate surface area is 172 Å². The highest BCUT2D eigenvalue weighted by molar-refractivity contribution is 5.93. The monoisotopic (exact) mass is 405 g/mol. The molecule has 0 radical (unpaired) electrons. The summed E-state index contributed by atoms with van der Waals surface area (Å²) >= 11 is 0. The molecule has 1 heterocycles. The van der Waals surface area contributed by atoms with E-state index in [0.29, 0.717) is 44.0 Å². The minimum atomic E-state index is -0.434. The molecule has 8 nitrogen and oxygen atoms in total. The molecule has 0 spiro atoms. The largest absolute Gasteiger partial charge is 0.497 e. The number of anilines is 1. The molecule has 0 unspecified atom stereocenters. The first-order valence-electron chi connectivity index (χ1n) is 9.95. The predicted octanol–water partition coefficient (Wildman–Crippen LogP) is 1.76. The molecule has 1 fully saturated rings. The highest BCUT2D eigenvalue weighted by Crippen LogP contribution is 2.20. The third kappa shape index (κ3) is 6.45. The van der Waals surface area contributed by atoms with E-state index in [9.17, 15) is 14.4 Å². The Morgan fingerprint density at radius 1 is 1.21 bits per heavy atom. The molecule has 0 aliphatic carbocycles. The zero-order valence-electron chi connectivity index (χ0n) is 17.6. The van der Waals surface area contributed by atoms with Crippen molar-refractivity contribution in [3.8, 4) is 5.75 Å². The van der Waals surface area contributed by atoms with Gasteiger partial charge < -0.3 is 19.7 Å². The van der Waals surface area contributed by atoms with E-state index >= 15 is 0 Å². The molecule has 1 aromatic carbocycles. The van der Waals surface area contributed by atoms with Gasteiger partial charge in [-0.3, -0.25) is 19.3 Å². The van der Waals surface area contributed by atoms with E-state index < -0.39 is 6.04 Å². The van der Waals surface area contributed by atoms with Gasteiger partial charge in [0.05, 0.1) is 32.2 Å². The molecule has 1 aromatic rings. The average molecular weight is 405 g/mol. The number of likely N-dealkylation sites (N-methyl/N-ethyl adjacent to an activating group) is 1. The summed E-state index contributed by atoms with van der Waals surface area (Å²) in [6.45, 7) is 5.10. The number of hydrogen-bond acceptors (Lipinski definition) is 6. The van der Waals surface area contributed by atoms with Gasteiger partial charge in [-0.05, 0) is 58.0 Å². The fourth-order valence-corrected chi connectivity index (χ4v) is 3.29. The van der Waals surface area contributed by atoms with Crippen LogP contribution in [0.2, 0.25) is 0 Å². The third-order valence-corrected chi connectivity index (χ3v) is 5.21. The van der Waals surface area contributed by atoms with Crippen molar-refractivity contribution in [1.82, 2.24) is 9.80 Å². The van der Waals surface area contributed by atoms with Crippen molar-refractivity contribution >= 4 is 23.5 Å². The number of piperidine rings is 1. The molecule has 29 heavy (non-hydrogen) atoms. The summed E-state index contributed by atoms with van der Waals surface area (Å²) in [4.78, 5) is 40.4. The SMILES string of the molecule is CCOC(=O)C1CCN(C(=O)[C@@H](C)N(C)CC(=O)Nc2ccc(OC)cc2)CC1. The molecule has 1 saturated heterocycles. The normalized spacial score (nSPS) is 15.7. The Bertz CT molecular complexity index is 699. The quantitative estimate of drug-likeness (QED) is 0.663. The molecule has 8 heteroatoms. The fraction of sp³-hybridized carbons (Fsp3) is 0.571. The third-order valence-electron chi connectivity index (χ3n) is 5.21. The minimum Gasteiger partial charge on any atom is -0.497 e. The Kier molecular flexibility index (Phi) is 8.45. The Hall–Kier alpha value is -2.61. The molecule has 1 aliphatic rings. The Morgan fingerprint density at radius 2 is 1.83 bits per heavy atom. The maximum absolute atomic E-state index is 12.8. The number of hydrogen-bond donors (Lipinski definition) is 1. The van der Waals surface area contributed by atoms with Gasteiger partial charge >= 0.3 is 5.97 Å². The summed E-state index contributed by atoms with van der Waals surface area (Å²) in [5.74, 6) is 0.165.